The van der Waals surface area contributed by atoms with Crippen molar-refractivity contribution in [2.24, 2.45) is 11.3 Å². The second kappa shape index (κ2) is 5.08. The summed E-state index contributed by atoms with van der Waals surface area (Å²) in [7, 11) is 0. The van der Waals surface area contributed by atoms with Gasteiger partial charge in [-0.25, -0.2) is 0 Å². The van der Waals surface area contributed by atoms with E-state index in [9.17, 15) is 0 Å². The highest BCUT2D eigenvalue weighted by Crippen LogP contribution is 2.30. The average molecular weight is 257 g/mol. The molecular formula is C16H23N3. The minimum atomic E-state index is 0.232. The molecule has 0 atom stereocenters. The number of anilines is 2. The molecule has 19 heavy (non-hydrogen) atoms. The molecule has 2 aromatic rings. The van der Waals surface area contributed by atoms with Crippen LogP contribution in [0.3, 0.4) is 0 Å². The summed E-state index contributed by atoms with van der Waals surface area (Å²) in [5, 5.41) is 4.48. The van der Waals surface area contributed by atoms with Gasteiger partial charge in [0.25, 0.3) is 0 Å². The third kappa shape index (κ3) is 2.80. The molecule has 1 aromatic heterocycles. The number of nitrogens with one attached hydrogen (secondary N) is 1. The maximum absolute atomic E-state index is 6.22. The molecule has 0 fully saturated rings. The van der Waals surface area contributed by atoms with E-state index >= 15 is 0 Å². The molecule has 0 amide bonds. The molecule has 1 heterocycles. The fraction of sp³-hybridized carbons (Fsp3) is 0.438. The van der Waals surface area contributed by atoms with Crippen molar-refractivity contribution in [2.45, 2.75) is 27.7 Å². The van der Waals surface area contributed by atoms with Gasteiger partial charge in [-0.05, 0) is 35.6 Å². The Morgan fingerprint density at radius 2 is 2.00 bits per heavy atom. The first-order valence-electron chi connectivity index (χ1n) is 6.79. The van der Waals surface area contributed by atoms with Gasteiger partial charge in [-0.3, -0.25) is 4.98 Å². The van der Waals surface area contributed by atoms with Crippen molar-refractivity contribution >= 4 is 22.3 Å². The summed E-state index contributed by atoms with van der Waals surface area (Å²) in [5.41, 5.74) is 9.17. The molecule has 3 nitrogen and oxygen atoms in total. The van der Waals surface area contributed by atoms with E-state index in [0.717, 1.165) is 28.8 Å². The molecule has 0 radical (unpaired) electrons. The monoisotopic (exact) mass is 257 g/mol. The summed E-state index contributed by atoms with van der Waals surface area (Å²) in [5.74, 6) is 0.614. The Kier molecular flexibility index (Phi) is 3.65. The SMILES string of the molecule is CC(C)C(C)(C)CNc1ccc2ncccc2c1N. The van der Waals surface area contributed by atoms with Gasteiger partial charge in [0.05, 0.1) is 16.9 Å². The van der Waals surface area contributed by atoms with Crippen LogP contribution < -0.4 is 11.1 Å². The third-order valence-electron chi connectivity index (χ3n) is 4.12. The zero-order valence-electron chi connectivity index (χ0n) is 12.2. The normalized spacial score (nSPS) is 12.1. The first-order chi connectivity index (χ1) is 8.92. The van der Waals surface area contributed by atoms with Crippen molar-refractivity contribution in [1.82, 2.24) is 4.98 Å². The summed E-state index contributed by atoms with van der Waals surface area (Å²) in [6, 6.07) is 7.95. The van der Waals surface area contributed by atoms with Crippen LogP contribution >= 0.6 is 0 Å². The molecule has 3 heteroatoms. The first-order valence-corrected chi connectivity index (χ1v) is 6.79. The molecule has 0 bridgehead atoms. The molecule has 0 spiro atoms. The predicted octanol–water partition coefficient (Wildman–Crippen LogP) is 3.91. The average Bonchev–Trinajstić information content (AvgIpc) is 2.38. The number of hydrogen-bond acceptors (Lipinski definition) is 3. The van der Waals surface area contributed by atoms with E-state index in [1.165, 1.54) is 0 Å². The van der Waals surface area contributed by atoms with E-state index in [1.54, 1.807) is 6.20 Å². The molecule has 3 N–H and O–H groups in total. The van der Waals surface area contributed by atoms with Crippen molar-refractivity contribution in [3.8, 4) is 0 Å². The van der Waals surface area contributed by atoms with Crippen LogP contribution in [0.25, 0.3) is 10.9 Å². The van der Waals surface area contributed by atoms with Crippen molar-refractivity contribution in [1.29, 1.82) is 0 Å². The zero-order valence-corrected chi connectivity index (χ0v) is 12.2. The van der Waals surface area contributed by atoms with E-state index < -0.39 is 0 Å². The number of nitrogens with two attached hydrogens (primary N) is 1. The second-order valence-corrected chi connectivity index (χ2v) is 6.09. The van der Waals surface area contributed by atoms with Crippen LogP contribution in [-0.4, -0.2) is 11.5 Å². The van der Waals surface area contributed by atoms with E-state index in [1.807, 2.05) is 24.3 Å². The van der Waals surface area contributed by atoms with E-state index in [2.05, 4.69) is 38.0 Å². The molecule has 0 aliphatic rings. The number of nitrogens with zero attached hydrogens (tertiary/aromatic N) is 1. The van der Waals surface area contributed by atoms with Crippen molar-refractivity contribution in [3.05, 3.63) is 30.5 Å². The summed E-state index contributed by atoms with van der Waals surface area (Å²) in [6.07, 6.45) is 1.79. The summed E-state index contributed by atoms with van der Waals surface area (Å²) < 4.78 is 0. The Labute approximate surface area is 115 Å². The molecule has 1 aromatic carbocycles. The van der Waals surface area contributed by atoms with Gasteiger partial charge in [0.1, 0.15) is 0 Å². The molecule has 102 valence electrons. The van der Waals surface area contributed by atoms with E-state index in [0.29, 0.717) is 5.92 Å². The Bertz CT molecular complexity index is 573. The highest BCUT2D eigenvalue weighted by Gasteiger charge is 2.22. The van der Waals surface area contributed by atoms with Gasteiger partial charge < -0.3 is 11.1 Å². The van der Waals surface area contributed by atoms with Crippen molar-refractivity contribution in [3.63, 3.8) is 0 Å². The zero-order chi connectivity index (χ0) is 14.0. The van der Waals surface area contributed by atoms with E-state index in [-0.39, 0.29) is 5.41 Å². The van der Waals surface area contributed by atoms with Crippen LogP contribution in [0, 0.1) is 11.3 Å². The van der Waals surface area contributed by atoms with Gasteiger partial charge >= 0.3 is 0 Å². The highest BCUT2D eigenvalue weighted by molar-refractivity contribution is 5.96. The minimum Gasteiger partial charge on any atom is -0.397 e. The van der Waals surface area contributed by atoms with Crippen LogP contribution in [0.15, 0.2) is 30.5 Å². The fourth-order valence-electron chi connectivity index (χ4n) is 1.86. The molecule has 0 aliphatic carbocycles. The maximum Gasteiger partial charge on any atom is 0.0724 e. The van der Waals surface area contributed by atoms with Gasteiger partial charge in [0.2, 0.25) is 0 Å². The predicted molar refractivity (Wildman–Crippen MR) is 83.3 cm³/mol. The Hall–Kier alpha value is -1.77. The lowest BCUT2D eigenvalue weighted by Gasteiger charge is -2.30. The number of fused-ring (bicyclic) bond motifs is 1. The Morgan fingerprint density at radius 1 is 1.26 bits per heavy atom. The van der Waals surface area contributed by atoms with Crippen molar-refractivity contribution in [2.75, 3.05) is 17.6 Å². The molecule has 0 unspecified atom stereocenters. The summed E-state index contributed by atoms with van der Waals surface area (Å²) in [6.45, 7) is 9.93. The maximum atomic E-state index is 6.22. The minimum absolute atomic E-state index is 0.232. The highest BCUT2D eigenvalue weighted by atomic mass is 14.9. The van der Waals surface area contributed by atoms with Gasteiger partial charge in [-0.15, -0.1) is 0 Å². The van der Waals surface area contributed by atoms with Crippen LogP contribution in [0.2, 0.25) is 0 Å². The van der Waals surface area contributed by atoms with Crippen LogP contribution in [0.5, 0.6) is 0 Å². The van der Waals surface area contributed by atoms with E-state index in [4.69, 9.17) is 5.73 Å². The Balaban J connectivity index is 2.25. The number of rotatable bonds is 4. The van der Waals surface area contributed by atoms with Crippen molar-refractivity contribution < 1.29 is 0 Å². The topological polar surface area (TPSA) is 50.9 Å². The van der Waals surface area contributed by atoms with Crippen LogP contribution in [-0.2, 0) is 0 Å². The van der Waals surface area contributed by atoms with Crippen LogP contribution in [0.4, 0.5) is 11.4 Å². The summed E-state index contributed by atoms with van der Waals surface area (Å²) in [4.78, 5) is 4.31. The summed E-state index contributed by atoms with van der Waals surface area (Å²) >= 11 is 0. The molecular weight excluding hydrogens is 234 g/mol. The smallest absolute Gasteiger partial charge is 0.0724 e. The third-order valence-corrected chi connectivity index (χ3v) is 4.12. The number of aromatic nitrogens is 1. The molecule has 0 saturated carbocycles. The lowest BCUT2D eigenvalue weighted by Crippen LogP contribution is -2.28. The van der Waals surface area contributed by atoms with Crippen LogP contribution in [0.1, 0.15) is 27.7 Å². The largest absolute Gasteiger partial charge is 0.397 e. The fourth-order valence-corrected chi connectivity index (χ4v) is 1.86. The quantitative estimate of drug-likeness (QED) is 0.816. The standard InChI is InChI=1S/C16H23N3/c1-11(2)16(3,4)10-19-14-8-7-13-12(15(14)17)6-5-9-18-13/h5-9,11,19H,10,17H2,1-4H3. The number of nitrogen functional groups attached to an aromatic ring is 1. The van der Waals surface area contributed by atoms with Gasteiger partial charge in [-0.1, -0.05) is 27.7 Å². The second-order valence-electron chi connectivity index (χ2n) is 6.09. The number of hydrogen-bond donors (Lipinski definition) is 2. The lowest BCUT2D eigenvalue weighted by atomic mass is 9.81. The molecule has 2 rings (SSSR count). The molecule has 0 saturated heterocycles. The van der Waals surface area contributed by atoms with Gasteiger partial charge in [-0.2, -0.15) is 0 Å². The molecule has 0 aliphatic heterocycles. The lowest BCUT2D eigenvalue weighted by molar-refractivity contribution is 0.270. The Morgan fingerprint density at radius 3 is 2.68 bits per heavy atom. The first kappa shape index (κ1) is 13.7. The van der Waals surface area contributed by atoms with Gasteiger partial charge in [0.15, 0.2) is 0 Å². The number of pyridine rings is 1. The number of benzene rings is 1. The van der Waals surface area contributed by atoms with Gasteiger partial charge in [0, 0.05) is 18.1 Å².